The van der Waals surface area contributed by atoms with Crippen molar-refractivity contribution in [2.24, 2.45) is 5.92 Å². The molecular weight excluding hydrogens is 234 g/mol. The standard InChI is InChI=1S/C13H21NO4/c1-7-6-8(9(15)13(5)10(7)17-13)14-11(16)18-12(2,3)4/h7-8,10H,6H2,1-5H3,(H,14,16). The van der Waals surface area contributed by atoms with Crippen LogP contribution >= 0.6 is 0 Å². The zero-order valence-electron chi connectivity index (χ0n) is 11.6. The zero-order valence-corrected chi connectivity index (χ0v) is 11.6. The Kier molecular flexibility index (Phi) is 2.93. The molecule has 0 aromatic heterocycles. The largest absolute Gasteiger partial charge is 0.444 e. The maximum Gasteiger partial charge on any atom is 0.408 e. The smallest absolute Gasteiger partial charge is 0.408 e. The zero-order chi connectivity index (χ0) is 13.7. The molecule has 102 valence electrons. The van der Waals surface area contributed by atoms with Gasteiger partial charge >= 0.3 is 6.09 Å². The summed E-state index contributed by atoms with van der Waals surface area (Å²) in [5, 5.41) is 2.65. The molecule has 0 spiro atoms. The van der Waals surface area contributed by atoms with Crippen molar-refractivity contribution in [1.82, 2.24) is 5.32 Å². The quantitative estimate of drug-likeness (QED) is 0.723. The molecule has 0 bridgehead atoms. The van der Waals surface area contributed by atoms with Crippen molar-refractivity contribution in [1.29, 1.82) is 0 Å². The van der Waals surface area contributed by atoms with Crippen molar-refractivity contribution in [3.63, 3.8) is 0 Å². The lowest BCUT2D eigenvalue weighted by atomic mass is 9.79. The first kappa shape index (κ1) is 13.3. The molecule has 4 atom stereocenters. The molecule has 4 unspecified atom stereocenters. The van der Waals surface area contributed by atoms with Gasteiger partial charge in [-0.2, -0.15) is 0 Å². The second-order valence-electron chi connectivity index (χ2n) is 6.42. The van der Waals surface area contributed by atoms with Crippen molar-refractivity contribution in [2.45, 2.75) is 64.4 Å². The van der Waals surface area contributed by atoms with Gasteiger partial charge in [0.15, 0.2) is 11.4 Å². The van der Waals surface area contributed by atoms with Gasteiger partial charge in [-0.05, 0) is 40.0 Å². The Morgan fingerprint density at radius 3 is 2.67 bits per heavy atom. The Morgan fingerprint density at radius 2 is 2.11 bits per heavy atom. The van der Waals surface area contributed by atoms with Gasteiger partial charge in [-0.25, -0.2) is 4.79 Å². The lowest BCUT2D eigenvalue weighted by molar-refractivity contribution is -0.126. The molecule has 1 saturated heterocycles. The maximum absolute atomic E-state index is 12.1. The second kappa shape index (κ2) is 3.95. The molecule has 5 nitrogen and oxygen atoms in total. The van der Waals surface area contributed by atoms with Gasteiger partial charge < -0.3 is 14.8 Å². The normalized spacial score (nSPS) is 38.9. The van der Waals surface area contributed by atoms with Crippen molar-refractivity contribution in [3.8, 4) is 0 Å². The molecular formula is C13H21NO4. The molecule has 1 saturated carbocycles. The number of hydrogen-bond acceptors (Lipinski definition) is 4. The van der Waals surface area contributed by atoms with Gasteiger partial charge in [0.1, 0.15) is 5.60 Å². The Labute approximate surface area is 107 Å². The van der Waals surface area contributed by atoms with Gasteiger partial charge in [0.2, 0.25) is 0 Å². The molecule has 1 aliphatic heterocycles. The number of carbonyl (C=O) groups excluding carboxylic acids is 2. The van der Waals surface area contributed by atoms with Gasteiger partial charge in [0.05, 0.1) is 12.1 Å². The van der Waals surface area contributed by atoms with E-state index in [0.29, 0.717) is 6.42 Å². The molecule has 1 N–H and O–H groups in total. The highest BCUT2D eigenvalue weighted by atomic mass is 16.6. The fraction of sp³-hybridized carbons (Fsp3) is 0.846. The Hall–Kier alpha value is -1.10. The molecule has 2 rings (SSSR count). The minimum Gasteiger partial charge on any atom is -0.444 e. The topological polar surface area (TPSA) is 67.9 Å². The molecule has 0 aromatic rings. The van der Waals surface area contributed by atoms with Gasteiger partial charge in [0.25, 0.3) is 0 Å². The summed E-state index contributed by atoms with van der Waals surface area (Å²) in [5.74, 6) is 0.226. The molecule has 1 heterocycles. The SMILES string of the molecule is CC1CC(NC(=O)OC(C)(C)C)C(=O)C2(C)OC12. The van der Waals surface area contributed by atoms with Crippen LogP contribution in [0, 0.1) is 5.92 Å². The van der Waals surface area contributed by atoms with Crippen LogP contribution in [0.1, 0.15) is 41.0 Å². The van der Waals surface area contributed by atoms with Gasteiger partial charge in [-0.3, -0.25) is 4.79 Å². The summed E-state index contributed by atoms with van der Waals surface area (Å²) in [5.41, 5.74) is -1.26. The number of epoxide rings is 1. The van der Waals surface area contributed by atoms with E-state index in [1.165, 1.54) is 0 Å². The molecule has 18 heavy (non-hydrogen) atoms. The van der Waals surface area contributed by atoms with Gasteiger partial charge in [-0.1, -0.05) is 6.92 Å². The number of nitrogens with one attached hydrogen (secondary N) is 1. The van der Waals surface area contributed by atoms with E-state index in [2.05, 4.69) is 5.32 Å². The number of ether oxygens (including phenoxy) is 2. The summed E-state index contributed by atoms with van der Waals surface area (Å²) >= 11 is 0. The monoisotopic (exact) mass is 255 g/mol. The van der Waals surface area contributed by atoms with Gasteiger partial charge in [-0.15, -0.1) is 0 Å². The molecule has 2 fully saturated rings. The van der Waals surface area contributed by atoms with E-state index in [0.717, 1.165) is 0 Å². The molecule has 1 amide bonds. The minimum atomic E-state index is -0.697. The molecule has 1 aliphatic carbocycles. The second-order valence-corrected chi connectivity index (χ2v) is 6.42. The van der Waals surface area contributed by atoms with E-state index in [-0.39, 0.29) is 17.8 Å². The number of alkyl carbamates (subject to hydrolysis) is 1. The maximum atomic E-state index is 12.1. The Morgan fingerprint density at radius 1 is 1.50 bits per heavy atom. The number of amides is 1. The van der Waals surface area contributed by atoms with Gasteiger partial charge in [0, 0.05) is 0 Å². The summed E-state index contributed by atoms with van der Waals surface area (Å²) in [4.78, 5) is 23.8. The molecule has 0 aromatic carbocycles. The summed E-state index contributed by atoms with van der Waals surface area (Å²) < 4.78 is 10.6. The lowest BCUT2D eigenvalue weighted by Crippen LogP contribution is -2.52. The summed E-state index contributed by atoms with van der Waals surface area (Å²) in [7, 11) is 0. The van der Waals surface area contributed by atoms with Crippen molar-refractivity contribution in [3.05, 3.63) is 0 Å². The predicted molar refractivity (Wildman–Crippen MR) is 65.2 cm³/mol. The minimum absolute atomic E-state index is 0.0155. The van der Waals surface area contributed by atoms with Crippen LogP contribution < -0.4 is 5.32 Å². The van der Waals surface area contributed by atoms with Crippen molar-refractivity contribution >= 4 is 11.9 Å². The van der Waals surface area contributed by atoms with E-state index in [1.54, 1.807) is 27.7 Å². The third-order valence-electron chi connectivity index (χ3n) is 3.48. The molecule has 0 radical (unpaired) electrons. The van der Waals surface area contributed by atoms with E-state index in [4.69, 9.17) is 9.47 Å². The number of rotatable bonds is 1. The first-order chi connectivity index (χ1) is 8.13. The third-order valence-corrected chi connectivity index (χ3v) is 3.48. The highest BCUT2D eigenvalue weighted by Gasteiger charge is 2.65. The number of ketones is 1. The van der Waals surface area contributed by atoms with Crippen LogP contribution in [-0.2, 0) is 14.3 Å². The van der Waals surface area contributed by atoms with E-state index in [1.807, 2.05) is 6.92 Å². The number of hydrogen-bond donors (Lipinski definition) is 1. The fourth-order valence-corrected chi connectivity index (χ4v) is 2.61. The number of fused-ring (bicyclic) bond motifs is 1. The Bertz CT molecular complexity index is 387. The first-order valence-corrected chi connectivity index (χ1v) is 6.35. The molecule has 5 heteroatoms. The average molecular weight is 255 g/mol. The summed E-state index contributed by atoms with van der Waals surface area (Å²) in [6.07, 6.45) is 0.0793. The van der Waals surface area contributed by atoms with Crippen LogP contribution in [-0.4, -0.2) is 35.2 Å². The predicted octanol–water partition coefficient (Wildman–Crippen LogP) is 1.65. The average Bonchev–Trinajstić information content (AvgIpc) is 2.86. The lowest BCUT2D eigenvalue weighted by Gasteiger charge is -2.28. The van der Waals surface area contributed by atoms with Crippen LogP contribution in [0.5, 0.6) is 0 Å². The third kappa shape index (κ3) is 2.36. The molecule has 2 aliphatic rings. The summed E-state index contributed by atoms with van der Waals surface area (Å²) in [6, 6.07) is -0.501. The van der Waals surface area contributed by atoms with E-state index >= 15 is 0 Å². The number of Topliss-reactive ketones (excluding diaryl/α,β-unsaturated/α-hetero) is 1. The van der Waals surface area contributed by atoms with Crippen LogP contribution in [0.15, 0.2) is 0 Å². The van der Waals surface area contributed by atoms with E-state index < -0.39 is 23.3 Å². The highest BCUT2D eigenvalue weighted by Crippen LogP contribution is 2.48. The Balaban J connectivity index is 1.97. The first-order valence-electron chi connectivity index (χ1n) is 6.35. The van der Waals surface area contributed by atoms with Crippen molar-refractivity contribution in [2.75, 3.05) is 0 Å². The highest BCUT2D eigenvalue weighted by molar-refractivity contribution is 5.97. The summed E-state index contributed by atoms with van der Waals surface area (Å²) in [6.45, 7) is 9.20. The van der Waals surface area contributed by atoms with Crippen molar-refractivity contribution < 1.29 is 19.1 Å². The van der Waals surface area contributed by atoms with Crippen LogP contribution in [0.2, 0.25) is 0 Å². The van der Waals surface area contributed by atoms with Crippen LogP contribution in [0.3, 0.4) is 0 Å². The fourth-order valence-electron chi connectivity index (χ4n) is 2.61. The number of carbonyl (C=O) groups is 2. The van der Waals surface area contributed by atoms with E-state index in [9.17, 15) is 9.59 Å². The van der Waals surface area contributed by atoms with Crippen LogP contribution in [0.4, 0.5) is 4.79 Å². The van der Waals surface area contributed by atoms with Crippen LogP contribution in [0.25, 0.3) is 0 Å².